The Morgan fingerprint density at radius 3 is 2.32 bits per heavy atom. The summed E-state index contributed by atoms with van der Waals surface area (Å²) in [6.45, 7) is 0.00312. The van der Waals surface area contributed by atoms with E-state index >= 15 is 0 Å². The van der Waals surface area contributed by atoms with E-state index in [-0.39, 0.29) is 22.7 Å². The molecule has 10 heteroatoms. The second-order valence-corrected chi connectivity index (χ2v) is 10.8. The van der Waals surface area contributed by atoms with Gasteiger partial charge in [0.25, 0.3) is 15.9 Å². The first kappa shape index (κ1) is 27.2. The quantitative estimate of drug-likeness (QED) is 0.194. The molecule has 0 bridgehead atoms. The maximum absolute atomic E-state index is 13.9. The van der Waals surface area contributed by atoms with Crippen molar-refractivity contribution in [3.8, 4) is 5.75 Å². The van der Waals surface area contributed by atoms with Crippen LogP contribution >= 0.6 is 23.2 Å². The lowest BCUT2D eigenvalue weighted by molar-refractivity contribution is 0.0955. The van der Waals surface area contributed by atoms with Crippen molar-refractivity contribution < 1.29 is 17.9 Å². The summed E-state index contributed by atoms with van der Waals surface area (Å²) in [5.74, 6) is -0.0677. The Morgan fingerprint density at radius 1 is 0.947 bits per heavy atom. The molecule has 0 aliphatic heterocycles. The molecule has 0 unspecified atom stereocenters. The number of halogens is 2. The molecule has 0 saturated carbocycles. The van der Waals surface area contributed by atoms with Crippen molar-refractivity contribution in [1.82, 2.24) is 5.43 Å². The van der Waals surface area contributed by atoms with Gasteiger partial charge in [-0.3, -0.25) is 9.10 Å². The lowest BCUT2D eigenvalue weighted by Gasteiger charge is -2.26. The van der Waals surface area contributed by atoms with Crippen LogP contribution in [-0.4, -0.2) is 27.6 Å². The topological polar surface area (TPSA) is 88.1 Å². The van der Waals surface area contributed by atoms with E-state index in [0.717, 1.165) is 5.56 Å². The normalized spacial score (nSPS) is 11.3. The van der Waals surface area contributed by atoms with Crippen molar-refractivity contribution in [2.24, 2.45) is 5.10 Å². The Morgan fingerprint density at radius 2 is 1.63 bits per heavy atom. The number of ether oxygens (including phenoxy) is 1. The van der Waals surface area contributed by atoms with E-state index < -0.39 is 15.9 Å². The molecule has 4 rings (SSSR count). The minimum absolute atomic E-state index is 0.00312. The van der Waals surface area contributed by atoms with Crippen LogP contribution in [0.25, 0.3) is 0 Å². The minimum atomic E-state index is -4.08. The zero-order valence-corrected chi connectivity index (χ0v) is 22.5. The number of anilines is 1. The van der Waals surface area contributed by atoms with Gasteiger partial charge in [-0.2, -0.15) is 5.10 Å². The number of hydrogen-bond donors (Lipinski definition) is 1. The van der Waals surface area contributed by atoms with Crippen LogP contribution in [-0.2, 0) is 16.6 Å². The highest BCUT2D eigenvalue weighted by Gasteiger charge is 2.28. The average molecular weight is 568 g/mol. The number of nitrogens with zero attached hydrogens (tertiary/aromatic N) is 2. The van der Waals surface area contributed by atoms with Gasteiger partial charge in [-0.05, 0) is 54.1 Å². The molecule has 4 aromatic rings. The minimum Gasteiger partial charge on any atom is -0.497 e. The summed E-state index contributed by atoms with van der Waals surface area (Å²) < 4.78 is 34.1. The molecule has 0 atom stereocenters. The third-order valence-electron chi connectivity index (χ3n) is 5.57. The fraction of sp³-hybridized carbons (Fsp3) is 0.0714. The van der Waals surface area contributed by atoms with Crippen LogP contribution in [0.15, 0.2) is 107 Å². The molecule has 194 valence electrons. The largest absolute Gasteiger partial charge is 0.497 e. The molecular weight excluding hydrogens is 545 g/mol. The van der Waals surface area contributed by atoms with Crippen LogP contribution < -0.4 is 14.5 Å². The molecule has 1 amide bonds. The van der Waals surface area contributed by atoms with Crippen LogP contribution in [0, 0.1) is 0 Å². The summed E-state index contributed by atoms with van der Waals surface area (Å²) in [4.78, 5) is 13.2. The summed E-state index contributed by atoms with van der Waals surface area (Å²) >= 11 is 12.1. The van der Waals surface area contributed by atoms with E-state index in [2.05, 4.69) is 10.5 Å². The number of nitrogens with one attached hydrogen (secondary N) is 1. The zero-order valence-electron chi connectivity index (χ0n) is 20.2. The molecule has 38 heavy (non-hydrogen) atoms. The van der Waals surface area contributed by atoms with Gasteiger partial charge < -0.3 is 4.74 Å². The van der Waals surface area contributed by atoms with Crippen LogP contribution in [0.1, 0.15) is 21.5 Å². The zero-order chi connectivity index (χ0) is 27.1. The number of hydrogen-bond acceptors (Lipinski definition) is 5. The number of carbonyl (C=O) groups is 1. The molecule has 7 nitrogen and oxygen atoms in total. The number of hydrazone groups is 1. The van der Waals surface area contributed by atoms with Gasteiger partial charge in [0.15, 0.2) is 0 Å². The Labute approximate surface area is 231 Å². The number of rotatable bonds is 9. The number of benzene rings is 4. The number of amides is 1. The summed E-state index contributed by atoms with van der Waals surface area (Å²) in [5.41, 5.74) is 4.08. The molecule has 0 spiro atoms. The average Bonchev–Trinajstić information content (AvgIpc) is 2.93. The van der Waals surface area contributed by atoms with Crippen molar-refractivity contribution in [3.63, 3.8) is 0 Å². The van der Waals surface area contributed by atoms with Crippen molar-refractivity contribution in [2.75, 3.05) is 11.4 Å². The monoisotopic (exact) mass is 567 g/mol. The SMILES string of the molecule is COc1ccc(S(=O)(=O)N(Cc2ccccc2)c2ccccc2C(=O)N/N=C/c2ccc(Cl)cc2Cl)cc1. The smallest absolute Gasteiger partial charge is 0.273 e. The number of para-hydroxylation sites is 1. The second kappa shape index (κ2) is 12.1. The van der Waals surface area contributed by atoms with Crippen molar-refractivity contribution >= 4 is 51.0 Å². The molecule has 1 N–H and O–H groups in total. The fourth-order valence-electron chi connectivity index (χ4n) is 3.63. The highest BCUT2D eigenvalue weighted by molar-refractivity contribution is 7.92. The Hall–Kier alpha value is -3.85. The maximum atomic E-state index is 13.9. The van der Waals surface area contributed by atoms with Crippen molar-refractivity contribution in [2.45, 2.75) is 11.4 Å². The van der Waals surface area contributed by atoms with Crippen LogP contribution in [0.2, 0.25) is 10.0 Å². The predicted molar refractivity (Wildman–Crippen MR) is 151 cm³/mol. The van der Waals surface area contributed by atoms with Gasteiger partial charge in [-0.15, -0.1) is 0 Å². The van der Waals surface area contributed by atoms with Gasteiger partial charge in [0.2, 0.25) is 0 Å². The number of sulfonamides is 1. The molecule has 0 aliphatic rings. The molecule has 0 saturated heterocycles. The van der Waals surface area contributed by atoms with Crippen LogP contribution in [0.5, 0.6) is 5.75 Å². The fourth-order valence-corrected chi connectivity index (χ4v) is 5.56. The van der Waals surface area contributed by atoms with Gasteiger partial charge in [-0.1, -0.05) is 71.7 Å². The first-order valence-corrected chi connectivity index (χ1v) is 13.6. The van der Waals surface area contributed by atoms with Crippen molar-refractivity contribution in [3.05, 3.63) is 124 Å². The van der Waals surface area contributed by atoms with Gasteiger partial charge in [-0.25, -0.2) is 13.8 Å². The summed E-state index contributed by atoms with van der Waals surface area (Å²) in [6, 6.07) is 26.5. The summed E-state index contributed by atoms with van der Waals surface area (Å²) in [5, 5.41) is 4.84. The van der Waals surface area contributed by atoms with E-state index in [9.17, 15) is 13.2 Å². The molecule has 0 radical (unpaired) electrons. The molecule has 0 fully saturated rings. The van der Waals surface area contributed by atoms with E-state index in [1.54, 1.807) is 48.5 Å². The van der Waals surface area contributed by atoms with Gasteiger partial charge >= 0.3 is 0 Å². The van der Waals surface area contributed by atoms with E-state index in [0.29, 0.717) is 21.4 Å². The van der Waals surface area contributed by atoms with Crippen molar-refractivity contribution in [1.29, 1.82) is 0 Å². The molecule has 0 heterocycles. The van der Waals surface area contributed by atoms with Crippen LogP contribution in [0.3, 0.4) is 0 Å². The Balaban J connectivity index is 1.70. The third-order valence-corrected chi connectivity index (χ3v) is 7.90. The highest BCUT2D eigenvalue weighted by Crippen LogP contribution is 2.30. The van der Waals surface area contributed by atoms with E-state index in [1.165, 1.54) is 35.8 Å². The predicted octanol–water partition coefficient (Wildman–Crippen LogP) is 6.16. The lowest BCUT2D eigenvalue weighted by atomic mass is 10.1. The van der Waals surface area contributed by atoms with E-state index in [1.807, 2.05) is 30.3 Å². The highest BCUT2D eigenvalue weighted by atomic mass is 35.5. The molecule has 0 aliphatic carbocycles. The Bertz CT molecular complexity index is 1560. The first-order chi connectivity index (χ1) is 18.3. The summed E-state index contributed by atoms with van der Waals surface area (Å²) in [7, 11) is -2.57. The molecular formula is C28H23Cl2N3O4S. The lowest BCUT2D eigenvalue weighted by Crippen LogP contribution is -2.33. The maximum Gasteiger partial charge on any atom is 0.273 e. The molecule has 4 aromatic carbocycles. The first-order valence-electron chi connectivity index (χ1n) is 11.4. The number of carbonyl (C=O) groups excluding carboxylic acids is 1. The molecule has 0 aromatic heterocycles. The standard InChI is InChI=1S/C28H23Cl2N3O4S/c1-37-23-13-15-24(16-14-23)38(35,36)33(19-20-7-3-2-4-8-20)27-10-6-5-9-25(27)28(34)32-31-18-21-11-12-22(29)17-26(21)30/h2-18H,19H2,1H3,(H,32,34)/b31-18+. The summed E-state index contributed by atoms with van der Waals surface area (Å²) in [6.07, 6.45) is 1.38. The Kier molecular flexibility index (Phi) is 8.68. The second-order valence-electron chi connectivity index (χ2n) is 8.05. The van der Waals surface area contributed by atoms with Gasteiger partial charge in [0.05, 0.1) is 41.0 Å². The van der Waals surface area contributed by atoms with E-state index in [4.69, 9.17) is 27.9 Å². The third kappa shape index (κ3) is 6.34. The van der Waals surface area contributed by atoms with Gasteiger partial charge in [0.1, 0.15) is 5.75 Å². The van der Waals surface area contributed by atoms with Crippen LogP contribution in [0.4, 0.5) is 5.69 Å². The van der Waals surface area contributed by atoms with Gasteiger partial charge in [0, 0.05) is 10.6 Å². The number of methoxy groups -OCH3 is 1.